The van der Waals surface area contributed by atoms with Crippen molar-refractivity contribution in [3.05, 3.63) is 18.2 Å². The number of sulfonamides is 1. The van der Waals surface area contributed by atoms with Gasteiger partial charge >= 0.3 is 0 Å². The van der Waals surface area contributed by atoms with Crippen molar-refractivity contribution < 1.29 is 18.0 Å². The molecule has 0 radical (unpaired) electrons. The number of carbonyl (C=O) groups is 2. The molecular weight excluding hydrogens is 362 g/mol. The number of nitrogens with zero attached hydrogens (tertiary/aromatic N) is 2. The van der Waals surface area contributed by atoms with Gasteiger partial charge in [-0.25, -0.2) is 12.7 Å². The predicted molar refractivity (Wildman–Crippen MR) is 98.3 cm³/mol. The van der Waals surface area contributed by atoms with E-state index >= 15 is 0 Å². The first-order valence-corrected chi connectivity index (χ1v) is 10.2. The van der Waals surface area contributed by atoms with E-state index in [1.54, 1.807) is 13.1 Å². The van der Waals surface area contributed by atoms with Gasteiger partial charge < -0.3 is 10.2 Å². The molecule has 1 aliphatic heterocycles. The molecule has 1 heterocycles. The fraction of sp³-hybridized carbons (Fsp3) is 0.500. The first-order chi connectivity index (χ1) is 11.5. The van der Waals surface area contributed by atoms with Crippen molar-refractivity contribution in [1.82, 2.24) is 9.62 Å². The molecule has 1 aromatic carbocycles. The highest BCUT2D eigenvalue weighted by molar-refractivity contribution is 8.01. The van der Waals surface area contributed by atoms with Gasteiger partial charge in [0.15, 0.2) is 0 Å². The average molecular weight is 386 g/mol. The van der Waals surface area contributed by atoms with E-state index in [1.165, 1.54) is 42.9 Å². The van der Waals surface area contributed by atoms with E-state index in [4.69, 9.17) is 0 Å². The molecule has 1 N–H and O–H groups in total. The van der Waals surface area contributed by atoms with Gasteiger partial charge in [0.1, 0.15) is 0 Å². The number of benzene rings is 1. The second-order valence-corrected chi connectivity index (χ2v) is 9.74. The van der Waals surface area contributed by atoms with Crippen LogP contribution in [0.15, 0.2) is 28.0 Å². The van der Waals surface area contributed by atoms with Gasteiger partial charge in [-0.15, -0.1) is 11.8 Å². The van der Waals surface area contributed by atoms with Gasteiger partial charge in [-0.2, -0.15) is 0 Å². The molecule has 7 nitrogen and oxygen atoms in total. The first kappa shape index (κ1) is 19.7. The van der Waals surface area contributed by atoms with Gasteiger partial charge in [-0.05, 0) is 32.0 Å². The molecule has 1 atom stereocenters. The van der Waals surface area contributed by atoms with E-state index in [-0.39, 0.29) is 29.2 Å². The second kappa shape index (κ2) is 7.35. The Balaban J connectivity index is 2.30. The SMILES string of the molecule is CC(C)NC(=O)C[C@@H]1Sc2ccc(S(=O)(=O)N(C)C)cc2N(C)C1=O. The Morgan fingerprint density at radius 2 is 2.00 bits per heavy atom. The molecule has 0 bridgehead atoms. The Hall–Kier alpha value is -1.58. The Bertz CT molecular complexity index is 791. The van der Waals surface area contributed by atoms with Crippen LogP contribution in [-0.2, 0) is 19.6 Å². The van der Waals surface area contributed by atoms with Crippen LogP contribution >= 0.6 is 11.8 Å². The van der Waals surface area contributed by atoms with Crippen LogP contribution in [0.4, 0.5) is 5.69 Å². The molecule has 0 saturated carbocycles. The number of hydrogen-bond donors (Lipinski definition) is 1. The van der Waals surface area contributed by atoms with Gasteiger partial charge in [0, 0.05) is 38.5 Å². The van der Waals surface area contributed by atoms with Crippen LogP contribution < -0.4 is 10.2 Å². The number of hydrogen-bond acceptors (Lipinski definition) is 5. The van der Waals surface area contributed by atoms with E-state index < -0.39 is 15.3 Å². The summed E-state index contributed by atoms with van der Waals surface area (Å²) in [5, 5.41) is 2.26. The summed E-state index contributed by atoms with van der Waals surface area (Å²) < 4.78 is 25.7. The fourth-order valence-electron chi connectivity index (χ4n) is 2.45. The van der Waals surface area contributed by atoms with Crippen molar-refractivity contribution in [2.75, 3.05) is 26.0 Å². The van der Waals surface area contributed by atoms with Crippen molar-refractivity contribution in [2.24, 2.45) is 0 Å². The van der Waals surface area contributed by atoms with Gasteiger partial charge in [0.2, 0.25) is 21.8 Å². The Morgan fingerprint density at radius 3 is 2.56 bits per heavy atom. The highest BCUT2D eigenvalue weighted by atomic mass is 32.2. The van der Waals surface area contributed by atoms with Gasteiger partial charge in [-0.1, -0.05) is 0 Å². The lowest BCUT2D eigenvalue weighted by molar-refractivity contribution is -0.125. The molecular formula is C16H23N3O4S2. The summed E-state index contributed by atoms with van der Waals surface area (Å²) in [6.45, 7) is 3.73. The maximum absolute atomic E-state index is 12.6. The van der Waals surface area contributed by atoms with Crippen LogP contribution in [0.1, 0.15) is 20.3 Å². The predicted octanol–water partition coefficient (Wildman–Crippen LogP) is 1.29. The topological polar surface area (TPSA) is 86.8 Å². The molecule has 1 aliphatic rings. The van der Waals surface area contributed by atoms with Crippen molar-refractivity contribution >= 4 is 39.3 Å². The Kier molecular flexibility index (Phi) is 5.80. The third-order valence-electron chi connectivity index (χ3n) is 3.77. The molecule has 9 heteroatoms. The zero-order valence-corrected chi connectivity index (χ0v) is 16.6. The first-order valence-electron chi connectivity index (χ1n) is 7.84. The van der Waals surface area contributed by atoms with E-state index in [0.717, 1.165) is 9.20 Å². The molecule has 0 aromatic heterocycles. The lowest BCUT2D eigenvalue weighted by atomic mass is 10.2. The minimum Gasteiger partial charge on any atom is -0.354 e. The number of fused-ring (bicyclic) bond motifs is 1. The average Bonchev–Trinajstić information content (AvgIpc) is 2.51. The monoisotopic (exact) mass is 385 g/mol. The van der Waals surface area contributed by atoms with Crippen LogP contribution in [0.25, 0.3) is 0 Å². The van der Waals surface area contributed by atoms with E-state index in [9.17, 15) is 18.0 Å². The van der Waals surface area contributed by atoms with Crippen LogP contribution in [0.2, 0.25) is 0 Å². The molecule has 0 spiro atoms. The largest absolute Gasteiger partial charge is 0.354 e. The van der Waals surface area contributed by atoms with Crippen LogP contribution in [-0.4, -0.2) is 57.0 Å². The molecule has 0 unspecified atom stereocenters. The third-order valence-corrected chi connectivity index (χ3v) is 6.83. The smallest absolute Gasteiger partial charge is 0.242 e. The fourth-order valence-corrected chi connectivity index (χ4v) is 4.63. The normalized spacial score (nSPS) is 17.8. The van der Waals surface area contributed by atoms with Crippen molar-refractivity contribution in [3.8, 4) is 0 Å². The number of amides is 2. The zero-order chi connectivity index (χ0) is 18.9. The number of nitrogens with one attached hydrogen (secondary N) is 1. The third kappa shape index (κ3) is 4.16. The minimum absolute atomic E-state index is 0.0139. The van der Waals surface area contributed by atoms with Crippen LogP contribution in [0.5, 0.6) is 0 Å². The van der Waals surface area contributed by atoms with Gasteiger partial charge in [-0.3, -0.25) is 9.59 Å². The van der Waals surface area contributed by atoms with Gasteiger partial charge in [0.05, 0.1) is 15.8 Å². The lowest BCUT2D eigenvalue weighted by Gasteiger charge is -2.31. The number of anilines is 1. The molecule has 2 amide bonds. The number of carbonyl (C=O) groups excluding carboxylic acids is 2. The summed E-state index contributed by atoms with van der Waals surface area (Å²) in [5.74, 6) is -0.389. The standard InChI is InChI=1S/C16H23N3O4S2/c1-10(2)17-15(20)9-14-16(21)19(5)12-8-11(6-7-13(12)24-14)25(22,23)18(3)4/h6-8,10,14H,9H2,1-5H3,(H,17,20)/t14-/m0/s1. The molecule has 138 valence electrons. The van der Waals surface area contributed by atoms with Crippen molar-refractivity contribution in [2.45, 2.75) is 41.4 Å². The highest BCUT2D eigenvalue weighted by Crippen LogP contribution is 2.41. The molecule has 0 fully saturated rings. The summed E-state index contributed by atoms with van der Waals surface area (Å²) >= 11 is 1.29. The van der Waals surface area contributed by atoms with Gasteiger partial charge in [0.25, 0.3) is 0 Å². The summed E-state index contributed by atoms with van der Waals surface area (Å²) in [4.78, 5) is 26.9. The van der Waals surface area contributed by atoms with E-state index in [1.807, 2.05) is 13.8 Å². The lowest BCUT2D eigenvalue weighted by Crippen LogP contribution is -2.42. The summed E-state index contributed by atoms with van der Waals surface area (Å²) in [6.07, 6.45) is 0.0865. The molecule has 0 aliphatic carbocycles. The molecule has 1 aromatic rings. The summed E-state index contributed by atoms with van der Waals surface area (Å²) in [6, 6.07) is 4.72. The number of rotatable bonds is 5. The highest BCUT2D eigenvalue weighted by Gasteiger charge is 2.34. The van der Waals surface area contributed by atoms with Crippen molar-refractivity contribution in [1.29, 1.82) is 0 Å². The Morgan fingerprint density at radius 1 is 1.36 bits per heavy atom. The molecule has 0 saturated heterocycles. The van der Waals surface area contributed by atoms with Crippen LogP contribution in [0, 0.1) is 0 Å². The maximum Gasteiger partial charge on any atom is 0.242 e. The minimum atomic E-state index is -3.58. The second-order valence-electron chi connectivity index (χ2n) is 6.35. The summed E-state index contributed by atoms with van der Waals surface area (Å²) in [5.41, 5.74) is 0.540. The summed E-state index contributed by atoms with van der Waals surface area (Å²) in [7, 11) is 0.942. The molecule has 2 rings (SSSR count). The van der Waals surface area contributed by atoms with E-state index in [2.05, 4.69) is 5.32 Å². The van der Waals surface area contributed by atoms with E-state index in [0.29, 0.717) is 5.69 Å². The maximum atomic E-state index is 12.6. The Labute approximate surface area is 152 Å². The van der Waals surface area contributed by atoms with Crippen LogP contribution in [0.3, 0.4) is 0 Å². The molecule has 25 heavy (non-hydrogen) atoms. The number of thioether (sulfide) groups is 1. The van der Waals surface area contributed by atoms with Crippen molar-refractivity contribution in [3.63, 3.8) is 0 Å². The quantitative estimate of drug-likeness (QED) is 0.825. The zero-order valence-electron chi connectivity index (χ0n) is 14.9.